The van der Waals surface area contributed by atoms with Crippen LogP contribution in [0, 0.1) is 0 Å². The molecule has 4 nitrogen and oxygen atoms in total. The molecule has 2 heterocycles. The van der Waals surface area contributed by atoms with Crippen molar-refractivity contribution in [1.29, 1.82) is 0 Å². The fourth-order valence-electron chi connectivity index (χ4n) is 3.63. The van der Waals surface area contributed by atoms with Gasteiger partial charge in [-0.3, -0.25) is 0 Å². The second-order valence-corrected chi connectivity index (χ2v) is 6.34. The number of hydrogen-bond acceptors (Lipinski definition) is 4. The topological polar surface area (TPSA) is 47.7 Å². The van der Waals surface area contributed by atoms with Crippen LogP contribution < -0.4 is 15.2 Å². The van der Waals surface area contributed by atoms with Gasteiger partial charge in [-0.1, -0.05) is 13.0 Å². The molecule has 21 heavy (non-hydrogen) atoms. The number of rotatable bonds is 3. The molecule has 4 heteroatoms. The average Bonchev–Trinajstić information content (AvgIpc) is 2.49. The zero-order valence-electron chi connectivity index (χ0n) is 13.1. The van der Waals surface area contributed by atoms with E-state index in [0.717, 1.165) is 49.4 Å². The Bertz CT molecular complexity index is 496. The summed E-state index contributed by atoms with van der Waals surface area (Å²) >= 11 is 0. The number of ether oxygens (including phenoxy) is 2. The third-order valence-electron chi connectivity index (χ3n) is 4.85. The number of methoxy groups -OCH3 is 1. The maximum absolute atomic E-state index is 6.41. The van der Waals surface area contributed by atoms with Crippen molar-refractivity contribution in [3.05, 3.63) is 23.8 Å². The maximum Gasteiger partial charge on any atom is 0.128 e. The lowest BCUT2D eigenvalue weighted by atomic mass is 9.81. The van der Waals surface area contributed by atoms with Crippen LogP contribution in [0.15, 0.2) is 18.2 Å². The molecule has 1 spiro atoms. The molecule has 1 unspecified atom stereocenters. The molecule has 1 saturated heterocycles. The zero-order valence-corrected chi connectivity index (χ0v) is 13.1. The molecule has 1 atom stereocenters. The summed E-state index contributed by atoms with van der Waals surface area (Å²) in [5, 5.41) is 0. The Morgan fingerprint density at radius 3 is 2.81 bits per heavy atom. The minimum Gasteiger partial charge on any atom is -0.497 e. The van der Waals surface area contributed by atoms with E-state index < -0.39 is 0 Å². The van der Waals surface area contributed by atoms with Crippen molar-refractivity contribution in [1.82, 2.24) is 4.90 Å². The molecule has 2 N–H and O–H groups in total. The van der Waals surface area contributed by atoms with Gasteiger partial charge in [0.2, 0.25) is 0 Å². The first kappa shape index (κ1) is 14.7. The second-order valence-electron chi connectivity index (χ2n) is 6.34. The number of benzene rings is 1. The first-order chi connectivity index (χ1) is 10.2. The summed E-state index contributed by atoms with van der Waals surface area (Å²) < 4.78 is 11.7. The zero-order chi connectivity index (χ0) is 14.9. The van der Waals surface area contributed by atoms with Gasteiger partial charge in [-0.25, -0.2) is 0 Å². The Balaban J connectivity index is 1.78. The highest BCUT2D eigenvalue weighted by molar-refractivity contribution is 5.44. The smallest absolute Gasteiger partial charge is 0.128 e. The molecule has 1 aromatic carbocycles. The monoisotopic (exact) mass is 290 g/mol. The van der Waals surface area contributed by atoms with Crippen LogP contribution in [0.4, 0.5) is 0 Å². The summed E-state index contributed by atoms with van der Waals surface area (Å²) in [4.78, 5) is 2.53. The molecule has 0 aliphatic carbocycles. The Morgan fingerprint density at radius 2 is 2.14 bits per heavy atom. The van der Waals surface area contributed by atoms with Gasteiger partial charge in [-0.05, 0) is 31.9 Å². The molecular formula is C17H26N2O2. The minimum absolute atomic E-state index is 0.0670. The highest BCUT2D eigenvalue weighted by atomic mass is 16.5. The van der Waals surface area contributed by atoms with Crippen molar-refractivity contribution in [2.75, 3.05) is 26.7 Å². The van der Waals surface area contributed by atoms with Gasteiger partial charge in [0.05, 0.1) is 7.11 Å². The van der Waals surface area contributed by atoms with Gasteiger partial charge in [0.15, 0.2) is 0 Å². The summed E-state index contributed by atoms with van der Waals surface area (Å²) in [6, 6.07) is 6.05. The highest BCUT2D eigenvalue weighted by Gasteiger charge is 2.42. The average molecular weight is 290 g/mol. The first-order valence-electron chi connectivity index (χ1n) is 8.01. The van der Waals surface area contributed by atoms with Crippen molar-refractivity contribution in [3.8, 4) is 11.5 Å². The van der Waals surface area contributed by atoms with E-state index in [4.69, 9.17) is 15.2 Å². The normalized spacial score (nSPS) is 24.4. The lowest BCUT2D eigenvalue weighted by Crippen LogP contribution is -2.51. The molecule has 2 aliphatic rings. The largest absolute Gasteiger partial charge is 0.497 e. The first-order valence-corrected chi connectivity index (χ1v) is 8.01. The molecule has 0 radical (unpaired) electrons. The van der Waals surface area contributed by atoms with E-state index in [0.29, 0.717) is 0 Å². The fraction of sp³-hybridized carbons (Fsp3) is 0.647. The van der Waals surface area contributed by atoms with Crippen LogP contribution in [-0.4, -0.2) is 37.2 Å². The van der Waals surface area contributed by atoms with Gasteiger partial charge in [0.25, 0.3) is 0 Å². The maximum atomic E-state index is 6.41. The standard InChI is InChI=1S/C17H26N2O2/c1-3-8-19-9-6-17(7-10-19)12-15(18)14-5-4-13(20-2)11-16(14)21-17/h4-5,11,15H,3,6-10,12,18H2,1-2H3. The molecule has 116 valence electrons. The van der Waals surface area contributed by atoms with Crippen molar-refractivity contribution < 1.29 is 9.47 Å². The van der Waals surface area contributed by atoms with E-state index in [1.807, 2.05) is 18.2 Å². The predicted molar refractivity (Wildman–Crippen MR) is 83.9 cm³/mol. The molecular weight excluding hydrogens is 264 g/mol. The van der Waals surface area contributed by atoms with Crippen molar-refractivity contribution in [3.63, 3.8) is 0 Å². The number of likely N-dealkylation sites (tertiary alicyclic amines) is 1. The summed E-state index contributed by atoms with van der Waals surface area (Å²) in [6.07, 6.45) is 4.27. The van der Waals surface area contributed by atoms with Crippen LogP contribution in [-0.2, 0) is 0 Å². The van der Waals surface area contributed by atoms with E-state index >= 15 is 0 Å². The van der Waals surface area contributed by atoms with Crippen molar-refractivity contribution >= 4 is 0 Å². The van der Waals surface area contributed by atoms with Crippen LogP contribution >= 0.6 is 0 Å². The minimum atomic E-state index is -0.0803. The lowest BCUT2D eigenvalue weighted by Gasteiger charge is -2.46. The third kappa shape index (κ3) is 2.87. The van der Waals surface area contributed by atoms with Crippen molar-refractivity contribution in [2.45, 2.75) is 44.2 Å². The Hall–Kier alpha value is -1.26. The Labute approximate surface area is 127 Å². The summed E-state index contributed by atoms with van der Waals surface area (Å²) in [5.74, 6) is 1.75. The molecule has 0 bridgehead atoms. The predicted octanol–water partition coefficient (Wildman–Crippen LogP) is 2.72. The van der Waals surface area contributed by atoms with E-state index in [-0.39, 0.29) is 11.6 Å². The summed E-state index contributed by atoms with van der Waals surface area (Å²) in [7, 11) is 1.68. The van der Waals surface area contributed by atoms with Gasteiger partial charge < -0.3 is 20.1 Å². The van der Waals surface area contributed by atoms with Crippen molar-refractivity contribution in [2.24, 2.45) is 5.73 Å². The quantitative estimate of drug-likeness (QED) is 0.930. The fourth-order valence-corrected chi connectivity index (χ4v) is 3.63. The number of nitrogens with zero attached hydrogens (tertiary/aromatic N) is 1. The van der Waals surface area contributed by atoms with Crippen LogP contribution in [0.3, 0.4) is 0 Å². The number of fused-ring (bicyclic) bond motifs is 1. The van der Waals surface area contributed by atoms with Gasteiger partial charge in [0, 0.05) is 37.2 Å². The van der Waals surface area contributed by atoms with Gasteiger partial charge in [-0.2, -0.15) is 0 Å². The molecule has 1 fully saturated rings. The van der Waals surface area contributed by atoms with E-state index in [9.17, 15) is 0 Å². The van der Waals surface area contributed by atoms with E-state index in [1.54, 1.807) is 7.11 Å². The van der Waals surface area contributed by atoms with Gasteiger partial charge in [-0.15, -0.1) is 0 Å². The van der Waals surface area contributed by atoms with Crippen LogP contribution in [0.2, 0.25) is 0 Å². The number of nitrogens with two attached hydrogens (primary N) is 1. The van der Waals surface area contributed by atoms with E-state index in [1.165, 1.54) is 13.0 Å². The molecule has 1 aromatic rings. The number of hydrogen-bond donors (Lipinski definition) is 1. The van der Waals surface area contributed by atoms with Crippen LogP contribution in [0.25, 0.3) is 0 Å². The highest BCUT2D eigenvalue weighted by Crippen LogP contribution is 2.44. The molecule has 0 saturated carbocycles. The lowest BCUT2D eigenvalue weighted by molar-refractivity contribution is -0.0217. The summed E-state index contributed by atoms with van der Waals surface area (Å²) in [6.45, 7) is 5.65. The Morgan fingerprint density at radius 1 is 1.38 bits per heavy atom. The SMILES string of the molecule is CCCN1CCC2(CC1)CC(N)c1ccc(OC)cc1O2. The van der Waals surface area contributed by atoms with Gasteiger partial charge >= 0.3 is 0 Å². The van der Waals surface area contributed by atoms with Gasteiger partial charge in [0.1, 0.15) is 17.1 Å². The summed E-state index contributed by atoms with van der Waals surface area (Å²) in [5.41, 5.74) is 7.43. The Kier molecular flexibility index (Phi) is 4.09. The van der Waals surface area contributed by atoms with E-state index in [2.05, 4.69) is 11.8 Å². The van der Waals surface area contributed by atoms with Crippen LogP contribution in [0.5, 0.6) is 11.5 Å². The molecule has 0 aromatic heterocycles. The molecule has 0 amide bonds. The van der Waals surface area contributed by atoms with Crippen LogP contribution in [0.1, 0.15) is 44.2 Å². The number of piperidine rings is 1. The third-order valence-corrected chi connectivity index (χ3v) is 4.85. The second kappa shape index (κ2) is 5.85. The molecule has 3 rings (SSSR count). The molecule has 2 aliphatic heterocycles.